The Bertz CT molecular complexity index is 1160. The van der Waals surface area contributed by atoms with E-state index in [1.54, 1.807) is 30.3 Å². The van der Waals surface area contributed by atoms with Gasteiger partial charge in [-0.2, -0.15) is 5.10 Å². The average molecular weight is 410 g/mol. The quantitative estimate of drug-likeness (QED) is 0.601. The van der Waals surface area contributed by atoms with Crippen LogP contribution in [0.3, 0.4) is 0 Å². The largest absolute Gasteiger partial charge is 0.493 e. The Morgan fingerprint density at radius 1 is 0.967 bits per heavy atom. The molecule has 0 unspecified atom stereocenters. The van der Waals surface area contributed by atoms with Crippen LogP contribution >= 0.6 is 0 Å². The average Bonchev–Trinajstić information content (AvgIpc) is 2.78. The number of aromatic nitrogens is 2. The van der Waals surface area contributed by atoms with Crippen molar-refractivity contribution in [1.29, 1.82) is 0 Å². The molecule has 156 valence electrons. The summed E-state index contributed by atoms with van der Waals surface area (Å²) in [6, 6.07) is 11.3. The number of nitrogens with one attached hydrogen (secondary N) is 2. The number of amides is 2. The summed E-state index contributed by atoms with van der Waals surface area (Å²) in [5, 5.41) is 4.99. The number of aryl methyl sites for hydroxylation is 1. The first-order valence-electron chi connectivity index (χ1n) is 9.32. The Morgan fingerprint density at radius 2 is 1.63 bits per heavy atom. The highest BCUT2D eigenvalue weighted by atomic mass is 16.5. The third-order valence-electron chi connectivity index (χ3n) is 4.45. The molecule has 0 radical (unpaired) electrons. The van der Waals surface area contributed by atoms with E-state index >= 15 is 0 Å². The van der Waals surface area contributed by atoms with Crippen LogP contribution in [-0.4, -0.2) is 35.8 Å². The molecule has 0 atom stereocenters. The molecule has 2 amide bonds. The van der Waals surface area contributed by atoms with E-state index in [1.807, 2.05) is 6.92 Å². The summed E-state index contributed by atoms with van der Waals surface area (Å²) in [6.07, 6.45) is 0.683. The van der Waals surface area contributed by atoms with E-state index in [4.69, 9.17) is 9.47 Å². The first-order chi connectivity index (χ1) is 14.5. The molecule has 1 heterocycles. The van der Waals surface area contributed by atoms with E-state index in [-0.39, 0.29) is 16.8 Å². The van der Waals surface area contributed by atoms with E-state index in [1.165, 1.54) is 31.0 Å². The Labute approximate surface area is 172 Å². The van der Waals surface area contributed by atoms with Gasteiger partial charge in [-0.3, -0.25) is 25.2 Å². The second kappa shape index (κ2) is 9.08. The van der Waals surface area contributed by atoms with E-state index in [2.05, 4.69) is 16.0 Å². The Hall–Kier alpha value is -3.88. The Balaban J connectivity index is 1.84. The third-order valence-corrected chi connectivity index (χ3v) is 4.45. The smallest absolute Gasteiger partial charge is 0.290 e. The summed E-state index contributed by atoms with van der Waals surface area (Å²) in [5.74, 6) is -0.317. The second-order valence-corrected chi connectivity index (χ2v) is 6.40. The van der Waals surface area contributed by atoms with Crippen LogP contribution in [0.15, 0.2) is 47.3 Å². The van der Waals surface area contributed by atoms with E-state index in [9.17, 15) is 14.4 Å². The number of hydrogen-bond acceptors (Lipinski definition) is 6. The summed E-state index contributed by atoms with van der Waals surface area (Å²) >= 11 is 0. The number of benzene rings is 2. The van der Waals surface area contributed by atoms with E-state index in [0.717, 1.165) is 0 Å². The zero-order valence-electron chi connectivity index (χ0n) is 16.9. The van der Waals surface area contributed by atoms with Gasteiger partial charge >= 0.3 is 0 Å². The minimum absolute atomic E-state index is 0.0475. The first-order valence-corrected chi connectivity index (χ1v) is 9.32. The zero-order chi connectivity index (χ0) is 21.7. The number of carbonyl (C=O) groups excluding carboxylic acids is 2. The molecular weight excluding hydrogens is 388 g/mol. The fourth-order valence-electron chi connectivity index (χ4n) is 2.99. The van der Waals surface area contributed by atoms with Crippen LogP contribution in [0.25, 0.3) is 10.8 Å². The molecule has 9 heteroatoms. The molecule has 0 saturated carbocycles. The summed E-state index contributed by atoms with van der Waals surface area (Å²) in [5.41, 5.74) is 4.76. The van der Waals surface area contributed by atoms with Gasteiger partial charge in [0.05, 0.1) is 19.6 Å². The third kappa shape index (κ3) is 4.09. The fraction of sp³-hybridized carbons (Fsp3) is 0.238. The molecule has 0 fully saturated rings. The summed E-state index contributed by atoms with van der Waals surface area (Å²) in [4.78, 5) is 37.7. The molecule has 0 bridgehead atoms. The van der Waals surface area contributed by atoms with Gasteiger partial charge in [0, 0.05) is 17.5 Å². The summed E-state index contributed by atoms with van der Waals surface area (Å²) in [7, 11) is 2.95. The lowest BCUT2D eigenvalue weighted by atomic mass is 10.1. The highest BCUT2D eigenvalue weighted by Gasteiger charge is 2.18. The fourth-order valence-corrected chi connectivity index (χ4v) is 2.99. The topological polar surface area (TPSA) is 112 Å². The van der Waals surface area contributed by atoms with Crippen molar-refractivity contribution in [2.24, 2.45) is 0 Å². The first kappa shape index (κ1) is 20.8. The molecule has 1 aromatic heterocycles. The van der Waals surface area contributed by atoms with Gasteiger partial charge in [0.25, 0.3) is 17.4 Å². The minimum atomic E-state index is -0.634. The van der Waals surface area contributed by atoms with Gasteiger partial charge in [0.2, 0.25) is 0 Å². The lowest BCUT2D eigenvalue weighted by Crippen LogP contribution is -2.42. The standard InChI is InChI=1S/C21H22N4O5/c1-4-11-25-21(28)15-8-6-5-7-14(15)18(24-25)20(27)23-22-19(26)13-9-10-16(29-2)17(12-13)30-3/h5-10,12H,4,11H2,1-3H3,(H,22,26)(H,23,27). The van der Waals surface area contributed by atoms with Gasteiger partial charge in [0.1, 0.15) is 0 Å². The molecule has 2 N–H and O–H groups in total. The molecule has 30 heavy (non-hydrogen) atoms. The highest BCUT2D eigenvalue weighted by molar-refractivity contribution is 6.06. The van der Waals surface area contributed by atoms with Gasteiger partial charge in [-0.25, -0.2) is 4.68 Å². The zero-order valence-corrected chi connectivity index (χ0v) is 16.9. The summed E-state index contributed by atoms with van der Waals surface area (Å²) < 4.78 is 11.6. The van der Waals surface area contributed by atoms with Crippen LogP contribution in [0.2, 0.25) is 0 Å². The monoisotopic (exact) mass is 410 g/mol. The molecule has 0 aliphatic heterocycles. The van der Waals surface area contributed by atoms with Crippen LogP contribution in [0, 0.1) is 0 Å². The number of methoxy groups -OCH3 is 2. The van der Waals surface area contributed by atoms with Gasteiger partial charge in [-0.05, 0) is 30.7 Å². The van der Waals surface area contributed by atoms with Crippen LogP contribution in [0.5, 0.6) is 11.5 Å². The lowest BCUT2D eigenvalue weighted by Gasteiger charge is -2.12. The van der Waals surface area contributed by atoms with Crippen molar-refractivity contribution in [2.45, 2.75) is 19.9 Å². The van der Waals surface area contributed by atoms with Crippen molar-refractivity contribution in [3.63, 3.8) is 0 Å². The van der Waals surface area contributed by atoms with E-state index in [0.29, 0.717) is 35.2 Å². The van der Waals surface area contributed by atoms with Crippen molar-refractivity contribution in [3.8, 4) is 11.5 Å². The maximum absolute atomic E-state index is 12.7. The van der Waals surface area contributed by atoms with Crippen LogP contribution < -0.4 is 25.9 Å². The van der Waals surface area contributed by atoms with Gasteiger partial charge in [-0.15, -0.1) is 0 Å². The number of carbonyl (C=O) groups is 2. The minimum Gasteiger partial charge on any atom is -0.493 e. The Morgan fingerprint density at radius 3 is 2.30 bits per heavy atom. The van der Waals surface area contributed by atoms with Crippen molar-refractivity contribution in [2.75, 3.05) is 14.2 Å². The number of fused-ring (bicyclic) bond motifs is 1. The predicted molar refractivity (Wildman–Crippen MR) is 111 cm³/mol. The van der Waals surface area contributed by atoms with E-state index < -0.39 is 11.8 Å². The molecule has 0 saturated heterocycles. The maximum atomic E-state index is 12.7. The molecule has 3 rings (SSSR count). The second-order valence-electron chi connectivity index (χ2n) is 6.40. The van der Waals surface area contributed by atoms with Crippen LogP contribution in [0.4, 0.5) is 0 Å². The van der Waals surface area contributed by atoms with Gasteiger partial charge < -0.3 is 9.47 Å². The predicted octanol–water partition coefficient (Wildman–Crippen LogP) is 1.90. The van der Waals surface area contributed by atoms with Gasteiger partial charge in [-0.1, -0.05) is 25.1 Å². The SMILES string of the molecule is CCCn1nc(C(=O)NNC(=O)c2ccc(OC)c(OC)c2)c2ccccc2c1=O. The number of hydrogen-bond donors (Lipinski definition) is 2. The number of ether oxygens (including phenoxy) is 2. The Kier molecular flexibility index (Phi) is 6.31. The van der Waals surface area contributed by atoms with Crippen LogP contribution in [0.1, 0.15) is 34.2 Å². The summed E-state index contributed by atoms with van der Waals surface area (Å²) in [6.45, 7) is 2.29. The number of rotatable bonds is 6. The molecule has 2 aromatic carbocycles. The van der Waals surface area contributed by atoms with Gasteiger partial charge in [0.15, 0.2) is 17.2 Å². The normalized spacial score (nSPS) is 10.5. The molecule has 0 aliphatic rings. The lowest BCUT2D eigenvalue weighted by molar-refractivity contribution is 0.0843. The van der Waals surface area contributed by atoms with Crippen molar-refractivity contribution in [1.82, 2.24) is 20.6 Å². The molecule has 3 aromatic rings. The maximum Gasteiger partial charge on any atom is 0.290 e. The number of hydrazine groups is 1. The molecule has 0 spiro atoms. The number of nitrogens with zero attached hydrogens (tertiary/aromatic N) is 2. The van der Waals surface area contributed by atoms with Crippen molar-refractivity contribution in [3.05, 3.63) is 64.1 Å². The highest BCUT2D eigenvalue weighted by Crippen LogP contribution is 2.27. The molecular formula is C21H22N4O5. The molecule has 0 aliphatic carbocycles. The van der Waals surface area contributed by atoms with Crippen molar-refractivity contribution >= 4 is 22.6 Å². The van der Waals surface area contributed by atoms with Crippen LogP contribution in [-0.2, 0) is 6.54 Å². The molecule has 9 nitrogen and oxygen atoms in total. The van der Waals surface area contributed by atoms with Crippen molar-refractivity contribution < 1.29 is 19.1 Å².